The first kappa shape index (κ1) is 32.7. The number of nitrogens with zero attached hydrogens (tertiary/aromatic N) is 4. The molecule has 1 unspecified atom stereocenters. The number of amides is 1. The van der Waals surface area contributed by atoms with E-state index in [1.807, 2.05) is 71.8 Å². The molecular formula is C38H44N4O5S. The van der Waals surface area contributed by atoms with Crippen LogP contribution in [0.1, 0.15) is 43.2 Å². The van der Waals surface area contributed by atoms with Crippen LogP contribution in [0.3, 0.4) is 0 Å². The summed E-state index contributed by atoms with van der Waals surface area (Å²) in [6.45, 7) is 4.96. The first-order valence-electron chi connectivity index (χ1n) is 17.2. The van der Waals surface area contributed by atoms with E-state index in [0.29, 0.717) is 44.6 Å². The summed E-state index contributed by atoms with van der Waals surface area (Å²) >= 11 is 0. The highest BCUT2D eigenvalue weighted by molar-refractivity contribution is 7.92. The highest BCUT2D eigenvalue weighted by Gasteiger charge is 2.40. The van der Waals surface area contributed by atoms with Crippen LogP contribution in [0.25, 0.3) is 10.8 Å². The van der Waals surface area contributed by atoms with Gasteiger partial charge in [0.15, 0.2) is 0 Å². The Hall–Kier alpha value is -3.83. The molecule has 252 valence electrons. The minimum atomic E-state index is -3.90. The fourth-order valence-electron chi connectivity index (χ4n) is 7.51. The molecule has 0 spiro atoms. The lowest BCUT2D eigenvalue weighted by Crippen LogP contribution is -2.49. The number of aryl methyl sites for hydroxylation is 1. The van der Waals surface area contributed by atoms with Crippen LogP contribution in [0, 0.1) is 0 Å². The predicted molar refractivity (Wildman–Crippen MR) is 186 cm³/mol. The van der Waals surface area contributed by atoms with Crippen LogP contribution >= 0.6 is 0 Å². The van der Waals surface area contributed by atoms with E-state index in [9.17, 15) is 13.2 Å². The minimum absolute atomic E-state index is 0.0907. The van der Waals surface area contributed by atoms with Crippen LogP contribution in [0.15, 0.2) is 96.2 Å². The normalized spacial score (nSPS) is 19.8. The van der Waals surface area contributed by atoms with Gasteiger partial charge in [0.1, 0.15) is 6.61 Å². The number of piperidine rings is 1. The molecular weight excluding hydrogens is 625 g/mol. The lowest BCUT2D eigenvalue weighted by molar-refractivity contribution is -0.144. The summed E-state index contributed by atoms with van der Waals surface area (Å²) in [6, 6.07) is 24.2. The topological polar surface area (TPSA) is 92.3 Å². The Morgan fingerprint density at radius 2 is 1.67 bits per heavy atom. The van der Waals surface area contributed by atoms with Crippen molar-refractivity contribution in [1.29, 1.82) is 0 Å². The summed E-state index contributed by atoms with van der Waals surface area (Å²) in [5.41, 5.74) is 2.24. The average Bonchev–Trinajstić information content (AvgIpc) is 3.65. The van der Waals surface area contributed by atoms with Crippen molar-refractivity contribution in [1.82, 2.24) is 14.8 Å². The van der Waals surface area contributed by atoms with Crippen molar-refractivity contribution in [2.45, 2.75) is 55.1 Å². The second-order valence-electron chi connectivity index (χ2n) is 13.2. The lowest BCUT2D eigenvalue weighted by atomic mass is 9.85. The van der Waals surface area contributed by atoms with Crippen LogP contribution < -0.4 is 4.31 Å². The Kier molecular flexibility index (Phi) is 9.77. The van der Waals surface area contributed by atoms with Gasteiger partial charge in [0.25, 0.3) is 10.0 Å². The highest BCUT2D eigenvalue weighted by atomic mass is 32.2. The number of anilines is 1. The van der Waals surface area contributed by atoms with E-state index in [-0.39, 0.29) is 24.0 Å². The van der Waals surface area contributed by atoms with Crippen LogP contribution in [-0.2, 0) is 36.3 Å². The van der Waals surface area contributed by atoms with Gasteiger partial charge >= 0.3 is 0 Å². The molecule has 9 nitrogen and oxygen atoms in total. The molecule has 3 aliphatic rings. The van der Waals surface area contributed by atoms with E-state index in [4.69, 9.17) is 9.47 Å². The van der Waals surface area contributed by atoms with E-state index >= 15 is 0 Å². The third-order valence-electron chi connectivity index (χ3n) is 10.2. The summed E-state index contributed by atoms with van der Waals surface area (Å²) < 4.78 is 42.7. The maximum Gasteiger partial charge on any atom is 0.264 e. The van der Waals surface area contributed by atoms with Crippen LogP contribution in [0.5, 0.6) is 0 Å². The molecule has 1 aromatic heterocycles. The van der Waals surface area contributed by atoms with Gasteiger partial charge in [-0.1, -0.05) is 54.6 Å². The summed E-state index contributed by atoms with van der Waals surface area (Å²) in [4.78, 5) is 22.3. The molecule has 1 atom stereocenters. The minimum Gasteiger partial charge on any atom is -0.369 e. The quantitative estimate of drug-likeness (QED) is 0.212. The summed E-state index contributed by atoms with van der Waals surface area (Å²) in [5.74, 6) is -0.0907. The number of carbonyl (C=O) groups is 1. The van der Waals surface area contributed by atoms with E-state index in [0.717, 1.165) is 48.0 Å². The third-order valence-corrected chi connectivity index (χ3v) is 12.1. The van der Waals surface area contributed by atoms with Gasteiger partial charge in [-0.15, -0.1) is 0 Å². The van der Waals surface area contributed by atoms with E-state index in [1.54, 1.807) is 18.3 Å². The second-order valence-corrected chi connectivity index (χ2v) is 15.0. The zero-order chi connectivity index (χ0) is 33.0. The Bertz CT molecular complexity index is 1820. The summed E-state index contributed by atoms with van der Waals surface area (Å²) in [7, 11) is -3.90. The summed E-state index contributed by atoms with van der Waals surface area (Å²) in [5, 5.41) is 1.85. The smallest absolute Gasteiger partial charge is 0.264 e. The van der Waals surface area contributed by atoms with Crippen molar-refractivity contribution in [3.05, 3.63) is 102 Å². The third kappa shape index (κ3) is 6.85. The number of sulfonamides is 1. The van der Waals surface area contributed by atoms with Crippen LogP contribution in [0.4, 0.5) is 5.69 Å². The maximum atomic E-state index is 14.3. The fraction of sp³-hybridized carbons (Fsp3) is 0.421. The van der Waals surface area contributed by atoms with Crippen molar-refractivity contribution in [3.8, 4) is 0 Å². The first-order chi connectivity index (χ1) is 23.4. The number of carbonyl (C=O) groups excluding carboxylic acids is 1. The molecule has 10 heteroatoms. The zero-order valence-corrected chi connectivity index (χ0v) is 28.2. The molecule has 1 amide bonds. The van der Waals surface area contributed by atoms with Crippen molar-refractivity contribution in [2.75, 3.05) is 56.8 Å². The number of hydrogen-bond donors (Lipinski definition) is 0. The van der Waals surface area contributed by atoms with Crippen molar-refractivity contribution >= 4 is 32.4 Å². The molecule has 48 heavy (non-hydrogen) atoms. The standard InChI is InChI=1S/C38H44N4O5S/c43-37(41-22-17-38(18-23-41,33-11-7-19-39-27-33)47-25-24-40-20-5-6-21-40)29-46-28-34-15-13-31-9-3-4-12-36(31)42(34)48(44,45)35-16-14-30-8-1-2-10-32(30)26-35/h1-4,7-12,14,16,19,26-27,34H,5-6,13,15,17-18,20-25,28-29H2. The number of hydrogen-bond acceptors (Lipinski definition) is 7. The molecule has 4 aromatic rings. The highest BCUT2D eigenvalue weighted by Crippen LogP contribution is 2.38. The van der Waals surface area contributed by atoms with Gasteiger partial charge in [-0.05, 0) is 92.2 Å². The molecule has 0 saturated carbocycles. The van der Waals surface area contributed by atoms with Gasteiger partial charge in [0.05, 0.1) is 35.4 Å². The molecule has 2 fully saturated rings. The number of pyridine rings is 1. The van der Waals surface area contributed by atoms with Gasteiger partial charge in [0, 0.05) is 37.6 Å². The van der Waals surface area contributed by atoms with Gasteiger partial charge in [-0.25, -0.2) is 8.42 Å². The second kappa shape index (κ2) is 14.3. The average molecular weight is 669 g/mol. The van der Waals surface area contributed by atoms with Gasteiger partial charge in [-0.2, -0.15) is 0 Å². The molecule has 0 radical (unpaired) electrons. The Labute approximate surface area is 283 Å². The van der Waals surface area contributed by atoms with Crippen molar-refractivity contribution < 1.29 is 22.7 Å². The fourth-order valence-corrected chi connectivity index (χ4v) is 9.25. The summed E-state index contributed by atoms with van der Waals surface area (Å²) in [6.07, 6.45) is 8.86. The van der Waals surface area contributed by atoms with Crippen LogP contribution in [-0.4, -0.2) is 87.7 Å². The number of fused-ring (bicyclic) bond motifs is 2. The largest absolute Gasteiger partial charge is 0.369 e. The molecule has 3 aromatic carbocycles. The predicted octanol–water partition coefficient (Wildman–Crippen LogP) is 5.39. The molecule has 0 N–H and O–H groups in total. The number of likely N-dealkylation sites (tertiary alicyclic amines) is 2. The van der Waals surface area contributed by atoms with Gasteiger partial charge in [0.2, 0.25) is 5.91 Å². The number of rotatable bonds is 11. The monoisotopic (exact) mass is 668 g/mol. The molecule has 4 heterocycles. The SMILES string of the molecule is O=C(COCC1CCc2ccccc2N1S(=O)(=O)c1ccc2ccccc2c1)N1CCC(OCCN2CCCC2)(c2cccnc2)CC1. The lowest BCUT2D eigenvalue weighted by Gasteiger charge is -2.42. The first-order valence-corrected chi connectivity index (χ1v) is 18.6. The molecule has 0 aliphatic carbocycles. The number of benzene rings is 3. The maximum absolute atomic E-state index is 14.3. The number of ether oxygens (including phenoxy) is 2. The van der Waals surface area contributed by atoms with Crippen LogP contribution in [0.2, 0.25) is 0 Å². The number of aromatic nitrogens is 1. The van der Waals surface area contributed by atoms with E-state index in [1.165, 1.54) is 17.1 Å². The molecule has 0 bridgehead atoms. The van der Waals surface area contributed by atoms with Gasteiger partial charge in [-0.3, -0.25) is 14.1 Å². The Morgan fingerprint density at radius 3 is 2.46 bits per heavy atom. The van der Waals surface area contributed by atoms with Gasteiger partial charge < -0.3 is 19.3 Å². The Morgan fingerprint density at radius 1 is 0.896 bits per heavy atom. The Balaban J connectivity index is 1.00. The van der Waals surface area contributed by atoms with E-state index in [2.05, 4.69) is 16.0 Å². The molecule has 2 saturated heterocycles. The number of para-hydroxylation sites is 1. The molecule has 7 rings (SSSR count). The van der Waals surface area contributed by atoms with Crippen molar-refractivity contribution in [2.24, 2.45) is 0 Å². The van der Waals surface area contributed by atoms with E-state index < -0.39 is 21.7 Å². The zero-order valence-electron chi connectivity index (χ0n) is 27.4. The van der Waals surface area contributed by atoms with Crippen molar-refractivity contribution in [3.63, 3.8) is 0 Å². The molecule has 3 aliphatic heterocycles.